The maximum atomic E-state index is 4.52. The molecule has 0 aliphatic heterocycles. The summed E-state index contributed by atoms with van der Waals surface area (Å²) >= 11 is 0. The molecule has 1 heterocycles. The maximum absolute atomic E-state index is 4.52. The van der Waals surface area contributed by atoms with Crippen LogP contribution in [0.2, 0.25) is 0 Å². The van der Waals surface area contributed by atoms with Gasteiger partial charge in [-0.25, -0.2) is 4.98 Å². The van der Waals surface area contributed by atoms with E-state index >= 15 is 0 Å². The van der Waals surface area contributed by atoms with Crippen LogP contribution in [0.5, 0.6) is 0 Å². The number of nitrogens with zero attached hydrogens (tertiary/aromatic N) is 3. The van der Waals surface area contributed by atoms with Crippen LogP contribution in [-0.2, 0) is 12.5 Å². The highest BCUT2D eigenvalue weighted by Gasteiger charge is 2.19. The Morgan fingerprint density at radius 3 is 2.28 bits per heavy atom. The predicted octanol–water partition coefficient (Wildman–Crippen LogP) is 3.40. The van der Waals surface area contributed by atoms with E-state index in [0.29, 0.717) is 0 Å². The second-order valence-electron chi connectivity index (χ2n) is 5.83. The third kappa shape index (κ3) is 2.17. The van der Waals surface area contributed by atoms with Crippen molar-refractivity contribution in [2.45, 2.75) is 40.0 Å². The highest BCUT2D eigenvalue weighted by Crippen LogP contribution is 2.31. The van der Waals surface area contributed by atoms with Crippen LogP contribution in [0, 0.1) is 13.8 Å². The Balaban J connectivity index is 2.59. The molecule has 96 valence electrons. The average Bonchev–Trinajstić information content (AvgIpc) is 2.57. The zero-order valence-electron chi connectivity index (χ0n) is 12.1. The molecule has 0 radical (unpaired) electrons. The summed E-state index contributed by atoms with van der Waals surface area (Å²) in [5.41, 5.74) is 3.90. The molecule has 0 amide bonds. The van der Waals surface area contributed by atoms with Crippen molar-refractivity contribution in [3.63, 3.8) is 0 Å². The van der Waals surface area contributed by atoms with Crippen LogP contribution >= 0.6 is 0 Å². The third-order valence-corrected chi connectivity index (χ3v) is 3.36. The summed E-state index contributed by atoms with van der Waals surface area (Å²) in [5, 5.41) is 4.47. The molecule has 1 aromatic carbocycles. The first-order valence-electron chi connectivity index (χ1n) is 6.29. The molecule has 3 nitrogen and oxygen atoms in total. The molecule has 3 heteroatoms. The molecule has 1 aromatic heterocycles. The van der Waals surface area contributed by atoms with E-state index in [9.17, 15) is 0 Å². The van der Waals surface area contributed by atoms with E-state index in [4.69, 9.17) is 0 Å². The van der Waals surface area contributed by atoms with Crippen molar-refractivity contribution in [2.24, 2.45) is 7.05 Å². The fraction of sp³-hybridized carbons (Fsp3) is 0.467. The quantitative estimate of drug-likeness (QED) is 0.768. The van der Waals surface area contributed by atoms with E-state index in [1.807, 2.05) is 18.7 Å². The van der Waals surface area contributed by atoms with Gasteiger partial charge in [0.15, 0.2) is 5.82 Å². The van der Waals surface area contributed by atoms with Crippen molar-refractivity contribution in [3.8, 4) is 11.4 Å². The van der Waals surface area contributed by atoms with E-state index in [1.54, 1.807) is 0 Å². The lowest BCUT2D eigenvalue weighted by molar-refractivity contribution is 0.586. The summed E-state index contributed by atoms with van der Waals surface area (Å²) in [5.74, 6) is 1.75. The van der Waals surface area contributed by atoms with Crippen LogP contribution in [0.1, 0.15) is 37.7 Å². The second-order valence-corrected chi connectivity index (χ2v) is 5.83. The monoisotopic (exact) mass is 243 g/mol. The molecule has 0 N–H and O–H groups in total. The summed E-state index contributed by atoms with van der Waals surface area (Å²) in [6.45, 7) is 10.8. The first kappa shape index (κ1) is 12.8. The van der Waals surface area contributed by atoms with Gasteiger partial charge in [-0.05, 0) is 30.4 Å². The Morgan fingerprint density at radius 1 is 1.11 bits per heavy atom. The van der Waals surface area contributed by atoms with Gasteiger partial charge in [0.05, 0.1) is 0 Å². The van der Waals surface area contributed by atoms with Crippen molar-refractivity contribution in [1.29, 1.82) is 0 Å². The minimum Gasteiger partial charge on any atom is -0.253 e. The molecular weight excluding hydrogens is 222 g/mol. The highest BCUT2D eigenvalue weighted by atomic mass is 15.3. The molecule has 0 bridgehead atoms. The van der Waals surface area contributed by atoms with Crippen LogP contribution in [-0.4, -0.2) is 14.8 Å². The summed E-state index contributed by atoms with van der Waals surface area (Å²) in [4.78, 5) is 4.52. The molecule has 0 fully saturated rings. The largest absolute Gasteiger partial charge is 0.253 e. The van der Waals surface area contributed by atoms with Crippen molar-refractivity contribution in [3.05, 3.63) is 35.2 Å². The van der Waals surface area contributed by atoms with Gasteiger partial charge < -0.3 is 0 Å². The number of aromatic nitrogens is 3. The first-order chi connectivity index (χ1) is 8.30. The van der Waals surface area contributed by atoms with E-state index in [1.165, 1.54) is 11.1 Å². The zero-order valence-corrected chi connectivity index (χ0v) is 12.1. The Labute approximate surface area is 109 Å². The van der Waals surface area contributed by atoms with Gasteiger partial charge in [-0.3, -0.25) is 4.68 Å². The summed E-state index contributed by atoms with van der Waals surface area (Å²) < 4.78 is 1.82. The minimum atomic E-state index is 0.143. The standard InChI is InChI=1S/C15H21N3/c1-10-12(14-16-11(2)18(6)17-14)8-7-9-13(10)15(3,4)5/h7-9H,1-6H3. The van der Waals surface area contributed by atoms with Crippen LogP contribution < -0.4 is 0 Å². The van der Waals surface area contributed by atoms with Crippen molar-refractivity contribution in [2.75, 3.05) is 0 Å². The Hall–Kier alpha value is -1.64. The highest BCUT2D eigenvalue weighted by molar-refractivity contribution is 5.62. The number of aryl methyl sites for hydroxylation is 2. The van der Waals surface area contributed by atoms with Crippen LogP contribution in [0.15, 0.2) is 18.2 Å². The SMILES string of the molecule is Cc1c(-c2nc(C)n(C)n2)cccc1C(C)(C)C. The number of rotatable bonds is 1. The third-order valence-electron chi connectivity index (χ3n) is 3.36. The van der Waals surface area contributed by atoms with Crippen molar-refractivity contribution < 1.29 is 0 Å². The maximum Gasteiger partial charge on any atom is 0.181 e. The summed E-state index contributed by atoms with van der Waals surface area (Å²) in [6.07, 6.45) is 0. The fourth-order valence-electron chi connectivity index (χ4n) is 2.27. The Morgan fingerprint density at radius 2 is 1.78 bits per heavy atom. The number of hydrogen-bond donors (Lipinski definition) is 0. The van der Waals surface area contributed by atoms with E-state index < -0.39 is 0 Å². The average molecular weight is 243 g/mol. The van der Waals surface area contributed by atoms with E-state index in [2.05, 4.69) is 56.0 Å². The van der Waals surface area contributed by atoms with Crippen LogP contribution in [0.25, 0.3) is 11.4 Å². The molecule has 0 aliphatic carbocycles. The van der Waals surface area contributed by atoms with Crippen LogP contribution in [0.3, 0.4) is 0 Å². The molecule has 2 aromatic rings. The molecule has 2 rings (SSSR count). The first-order valence-corrected chi connectivity index (χ1v) is 6.29. The number of hydrogen-bond acceptors (Lipinski definition) is 2. The molecule has 0 unspecified atom stereocenters. The molecular formula is C15H21N3. The Kier molecular flexibility index (Phi) is 3.01. The fourth-order valence-corrected chi connectivity index (χ4v) is 2.27. The molecule has 0 saturated carbocycles. The van der Waals surface area contributed by atoms with Gasteiger partial charge >= 0.3 is 0 Å². The van der Waals surface area contributed by atoms with Crippen LogP contribution in [0.4, 0.5) is 0 Å². The summed E-state index contributed by atoms with van der Waals surface area (Å²) in [7, 11) is 1.93. The molecule has 0 spiro atoms. The van der Waals surface area contributed by atoms with E-state index in [0.717, 1.165) is 17.2 Å². The van der Waals surface area contributed by atoms with Gasteiger partial charge in [0.25, 0.3) is 0 Å². The summed E-state index contributed by atoms with van der Waals surface area (Å²) in [6, 6.07) is 6.38. The molecule has 0 saturated heterocycles. The smallest absolute Gasteiger partial charge is 0.181 e. The predicted molar refractivity (Wildman–Crippen MR) is 74.6 cm³/mol. The van der Waals surface area contributed by atoms with Gasteiger partial charge in [-0.15, -0.1) is 0 Å². The minimum absolute atomic E-state index is 0.143. The zero-order chi connectivity index (χ0) is 13.5. The number of benzene rings is 1. The van der Waals surface area contributed by atoms with E-state index in [-0.39, 0.29) is 5.41 Å². The van der Waals surface area contributed by atoms with Gasteiger partial charge in [-0.2, -0.15) is 5.10 Å². The van der Waals surface area contributed by atoms with Gasteiger partial charge in [0.1, 0.15) is 5.82 Å². The lowest BCUT2D eigenvalue weighted by Crippen LogP contribution is -2.13. The second kappa shape index (κ2) is 4.23. The lowest BCUT2D eigenvalue weighted by atomic mass is 9.82. The lowest BCUT2D eigenvalue weighted by Gasteiger charge is -2.22. The van der Waals surface area contributed by atoms with Crippen molar-refractivity contribution >= 4 is 0 Å². The Bertz CT molecular complexity index is 554. The molecule has 0 aliphatic rings. The van der Waals surface area contributed by atoms with Gasteiger partial charge in [-0.1, -0.05) is 39.0 Å². The molecule has 0 atom stereocenters. The normalized spacial score (nSPS) is 11.9. The van der Waals surface area contributed by atoms with Crippen molar-refractivity contribution in [1.82, 2.24) is 14.8 Å². The van der Waals surface area contributed by atoms with Gasteiger partial charge in [0.2, 0.25) is 0 Å². The topological polar surface area (TPSA) is 30.7 Å². The van der Waals surface area contributed by atoms with Gasteiger partial charge in [0, 0.05) is 12.6 Å². The molecule has 18 heavy (non-hydrogen) atoms.